The first-order chi connectivity index (χ1) is 12.3. The van der Waals surface area contributed by atoms with Crippen LogP contribution in [0.5, 0.6) is 11.5 Å². The largest absolute Gasteiger partial charge is 0.493 e. The molecule has 0 saturated heterocycles. The van der Waals surface area contributed by atoms with E-state index in [0.29, 0.717) is 5.02 Å². The number of halogens is 2. The van der Waals surface area contributed by atoms with E-state index in [1.54, 1.807) is 12.1 Å². The molecule has 2 aromatic rings. The standard InChI is InChI=1S/C18H18Cl2N2O4/c1-10(11-4-3-5-13(19)6-11)22-18(24)12-7-14(20)17(15(8-12)25-2)26-9-16(21)23/h3-8,10H,9H2,1-2H3,(H2,21,23)(H,22,24)/t10-/m1/s1. The highest BCUT2D eigenvalue weighted by Crippen LogP contribution is 2.36. The molecule has 138 valence electrons. The molecule has 2 amide bonds. The van der Waals surface area contributed by atoms with E-state index in [-0.39, 0.29) is 40.6 Å². The number of primary amides is 1. The summed E-state index contributed by atoms with van der Waals surface area (Å²) in [5, 5.41) is 3.58. The van der Waals surface area contributed by atoms with Crippen molar-refractivity contribution in [3.8, 4) is 11.5 Å². The Kier molecular flexibility index (Phi) is 6.71. The molecule has 0 unspecified atom stereocenters. The van der Waals surface area contributed by atoms with Crippen molar-refractivity contribution < 1.29 is 19.1 Å². The van der Waals surface area contributed by atoms with Gasteiger partial charge >= 0.3 is 0 Å². The second-order valence-corrected chi connectivity index (χ2v) is 6.34. The van der Waals surface area contributed by atoms with Crippen LogP contribution in [0, 0.1) is 0 Å². The van der Waals surface area contributed by atoms with Crippen LogP contribution in [0.4, 0.5) is 0 Å². The Morgan fingerprint density at radius 3 is 2.58 bits per heavy atom. The molecule has 3 N–H and O–H groups in total. The number of carbonyl (C=O) groups excluding carboxylic acids is 2. The van der Waals surface area contributed by atoms with Crippen LogP contribution in [0.1, 0.15) is 28.9 Å². The van der Waals surface area contributed by atoms with E-state index in [0.717, 1.165) is 5.56 Å². The molecule has 0 bridgehead atoms. The molecule has 0 radical (unpaired) electrons. The van der Waals surface area contributed by atoms with Crippen molar-refractivity contribution in [1.29, 1.82) is 0 Å². The van der Waals surface area contributed by atoms with E-state index in [2.05, 4.69) is 5.32 Å². The predicted molar refractivity (Wildman–Crippen MR) is 100 cm³/mol. The van der Waals surface area contributed by atoms with Gasteiger partial charge in [0.25, 0.3) is 11.8 Å². The minimum absolute atomic E-state index is 0.131. The summed E-state index contributed by atoms with van der Waals surface area (Å²) in [5.74, 6) is -0.633. The quantitative estimate of drug-likeness (QED) is 0.750. The highest BCUT2D eigenvalue weighted by Gasteiger charge is 2.18. The number of ether oxygens (including phenoxy) is 2. The molecular weight excluding hydrogens is 379 g/mol. The van der Waals surface area contributed by atoms with Crippen molar-refractivity contribution in [2.45, 2.75) is 13.0 Å². The SMILES string of the molecule is COc1cc(C(=O)N[C@H](C)c2cccc(Cl)c2)cc(Cl)c1OCC(N)=O. The molecule has 0 aliphatic carbocycles. The van der Waals surface area contributed by atoms with Gasteiger partial charge in [-0.1, -0.05) is 35.3 Å². The van der Waals surface area contributed by atoms with Gasteiger partial charge in [0.05, 0.1) is 18.2 Å². The number of methoxy groups -OCH3 is 1. The van der Waals surface area contributed by atoms with Crippen molar-refractivity contribution in [3.63, 3.8) is 0 Å². The summed E-state index contributed by atoms with van der Waals surface area (Å²) < 4.78 is 10.4. The van der Waals surface area contributed by atoms with Crippen molar-refractivity contribution >= 4 is 35.0 Å². The normalized spacial score (nSPS) is 11.5. The lowest BCUT2D eigenvalue weighted by molar-refractivity contribution is -0.119. The van der Waals surface area contributed by atoms with Gasteiger partial charge in [0.1, 0.15) is 0 Å². The summed E-state index contributed by atoms with van der Waals surface area (Å²) in [6.45, 7) is 1.49. The zero-order valence-corrected chi connectivity index (χ0v) is 15.7. The Balaban J connectivity index is 2.20. The van der Waals surface area contributed by atoms with Crippen molar-refractivity contribution in [3.05, 3.63) is 57.6 Å². The maximum absolute atomic E-state index is 12.5. The van der Waals surface area contributed by atoms with Crippen LogP contribution in [0.25, 0.3) is 0 Å². The molecule has 0 spiro atoms. The summed E-state index contributed by atoms with van der Waals surface area (Å²) >= 11 is 12.1. The molecule has 0 aliphatic heterocycles. The fourth-order valence-electron chi connectivity index (χ4n) is 2.27. The molecule has 0 heterocycles. The van der Waals surface area contributed by atoms with E-state index >= 15 is 0 Å². The van der Waals surface area contributed by atoms with Gasteiger partial charge in [0.15, 0.2) is 18.1 Å². The third-order valence-electron chi connectivity index (χ3n) is 3.55. The van der Waals surface area contributed by atoms with Gasteiger partial charge in [0.2, 0.25) is 0 Å². The average molecular weight is 397 g/mol. The molecule has 0 fully saturated rings. The Morgan fingerprint density at radius 2 is 1.96 bits per heavy atom. The minimum Gasteiger partial charge on any atom is -0.493 e. The number of carbonyl (C=O) groups is 2. The molecular formula is C18H18Cl2N2O4. The third kappa shape index (κ3) is 5.03. The van der Waals surface area contributed by atoms with Crippen LogP contribution in [0.3, 0.4) is 0 Å². The highest BCUT2D eigenvalue weighted by atomic mass is 35.5. The van der Waals surface area contributed by atoms with E-state index in [1.807, 2.05) is 19.1 Å². The Hall–Kier alpha value is -2.44. The zero-order chi connectivity index (χ0) is 19.3. The van der Waals surface area contributed by atoms with Crippen molar-refractivity contribution in [2.75, 3.05) is 13.7 Å². The number of nitrogens with two attached hydrogens (primary N) is 1. The van der Waals surface area contributed by atoms with Crippen LogP contribution in [-0.2, 0) is 4.79 Å². The minimum atomic E-state index is -0.653. The predicted octanol–water partition coefficient (Wildman–Crippen LogP) is 3.36. The topological polar surface area (TPSA) is 90.7 Å². The number of nitrogens with one attached hydrogen (secondary N) is 1. The first-order valence-electron chi connectivity index (χ1n) is 7.66. The molecule has 1 atom stereocenters. The molecule has 0 aromatic heterocycles. The number of rotatable bonds is 7. The second-order valence-electron chi connectivity index (χ2n) is 5.49. The number of hydrogen-bond acceptors (Lipinski definition) is 4. The van der Waals surface area contributed by atoms with Gasteiger partial charge in [-0.2, -0.15) is 0 Å². The lowest BCUT2D eigenvalue weighted by Gasteiger charge is -2.16. The Morgan fingerprint density at radius 1 is 1.23 bits per heavy atom. The first kappa shape index (κ1) is 19.9. The van der Waals surface area contributed by atoms with Crippen LogP contribution in [0.15, 0.2) is 36.4 Å². The van der Waals surface area contributed by atoms with Crippen LogP contribution >= 0.6 is 23.2 Å². The van der Waals surface area contributed by atoms with Crippen LogP contribution < -0.4 is 20.5 Å². The fourth-order valence-corrected chi connectivity index (χ4v) is 2.74. The van der Waals surface area contributed by atoms with Crippen LogP contribution in [-0.4, -0.2) is 25.5 Å². The van der Waals surface area contributed by atoms with E-state index in [9.17, 15) is 9.59 Å². The molecule has 2 rings (SSSR count). The maximum Gasteiger partial charge on any atom is 0.255 e. The maximum atomic E-state index is 12.5. The lowest BCUT2D eigenvalue weighted by Crippen LogP contribution is -2.26. The number of amides is 2. The third-order valence-corrected chi connectivity index (χ3v) is 4.06. The number of benzene rings is 2. The monoisotopic (exact) mass is 396 g/mol. The summed E-state index contributed by atoms with van der Waals surface area (Å²) in [5.41, 5.74) is 6.21. The molecule has 8 heteroatoms. The Labute approximate surface area is 161 Å². The van der Waals surface area contributed by atoms with Gasteiger partial charge in [-0.3, -0.25) is 9.59 Å². The fraction of sp³-hybridized carbons (Fsp3) is 0.222. The van der Waals surface area contributed by atoms with Crippen molar-refractivity contribution in [2.24, 2.45) is 5.73 Å². The molecule has 0 aliphatic rings. The highest BCUT2D eigenvalue weighted by molar-refractivity contribution is 6.32. The molecule has 0 saturated carbocycles. The lowest BCUT2D eigenvalue weighted by atomic mass is 10.1. The van der Waals surface area contributed by atoms with Gasteiger partial charge in [-0.15, -0.1) is 0 Å². The Bertz CT molecular complexity index is 827. The molecule has 6 nitrogen and oxygen atoms in total. The van der Waals surface area contributed by atoms with Crippen molar-refractivity contribution in [1.82, 2.24) is 5.32 Å². The summed E-state index contributed by atoms with van der Waals surface area (Å²) in [7, 11) is 1.40. The molecule has 2 aromatic carbocycles. The number of hydrogen-bond donors (Lipinski definition) is 2. The van der Waals surface area contributed by atoms with Crippen LogP contribution in [0.2, 0.25) is 10.0 Å². The van der Waals surface area contributed by atoms with E-state index in [4.69, 9.17) is 38.4 Å². The van der Waals surface area contributed by atoms with Gasteiger partial charge < -0.3 is 20.5 Å². The summed E-state index contributed by atoms with van der Waals surface area (Å²) in [6.07, 6.45) is 0. The van der Waals surface area contributed by atoms with Gasteiger partial charge in [0, 0.05) is 10.6 Å². The summed E-state index contributed by atoms with van der Waals surface area (Å²) in [6, 6.07) is 9.85. The molecule has 26 heavy (non-hydrogen) atoms. The van der Waals surface area contributed by atoms with E-state index < -0.39 is 5.91 Å². The smallest absolute Gasteiger partial charge is 0.255 e. The van der Waals surface area contributed by atoms with Gasteiger partial charge in [-0.05, 0) is 36.8 Å². The zero-order valence-electron chi connectivity index (χ0n) is 14.2. The first-order valence-corrected chi connectivity index (χ1v) is 8.42. The second kappa shape index (κ2) is 8.78. The van der Waals surface area contributed by atoms with Gasteiger partial charge in [-0.25, -0.2) is 0 Å². The summed E-state index contributed by atoms with van der Waals surface area (Å²) in [4.78, 5) is 23.4. The average Bonchev–Trinajstić information content (AvgIpc) is 2.59. The van der Waals surface area contributed by atoms with E-state index in [1.165, 1.54) is 19.2 Å².